The average Bonchev–Trinajstić information content (AvgIpc) is 3.23. The first-order valence-electron chi connectivity index (χ1n) is 8.09. The SMILES string of the molecule is CCc1csc(NC(=O)N2CCC[C@H](c3nncn3CC)C2)n1. The Morgan fingerprint density at radius 3 is 3.09 bits per heavy atom. The van der Waals surface area contributed by atoms with Gasteiger partial charge in [-0.05, 0) is 26.2 Å². The number of urea groups is 1. The van der Waals surface area contributed by atoms with E-state index in [0.717, 1.165) is 43.9 Å². The summed E-state index contributed by atoms with van der Waals surface area (Å²) in [7, 11) is 0. The zero-order valence-electron chi connectivity index (χ0n) is 13.5. The zero-order valence-corrected chi connectivity index (χ0v) is 14.3. The Morgan fingerprint density at radius 1 is 1.48 bits per heavy atom. The summed E-state index contributed by atoms with van der Waals surface area (Å²) in [5, 5.41) is 13.8. The predicted octanol–water partition coefficient (Wildman–Crippen LogP) is 2.73. The van der Waals surface area contributed by atoms with Gasteiger partial charge in [-0.25, -0.2) is 9.78 Å². The van der Waals surface area contributed by atoms with Gasteiger partial charge in [0.2, 0.25) is 0 Å². The van der Waals surface area contributed by atoms with Gasteiger partial charge in [0.25, 0.3) is 0 Å². The van der Waals surface area contributed by atoms with Gasteiger partial charge in [-0.3, -0.25) is 5.32 Å². The fraction of sp³-hybridized carbons (Fsp3) is 0.600. The van der Waals surface area contributed by atoms with Crippen LogP contribution in [0.5, 0.6) is 0 Å². The molecular formula is C15H22N6OS. The summed E-state index contributed by atoms with van der Waals surface area (Å²) in [6.45, 7) is 6.43. The number of thiazole rings is 1. The minimum atomic E-state index is -0.0748. The molecule has 1 N–H and O–H groups in total. The number of aryl methyl sites for hydroxylation is 2. The highest BCUT2D eigenvalue weighted by Gasteiger charge is 2.28. The number of nitrogens with zero attached hydrogens (tertiary/aromatic N) is 5. The molecule has 2 aromatic rings. The molecule has 1 aliphatic rings. The van der Waals surface area contributed by atoms with Gasteiger partial charge < -0.3 is 9.47 Å². The van der Waals surface area contributed by atoms with Gasteiger partial charge in [-0.1, -0.05) is 6.92 Å². The van der Waals surface area contributed by atoms with Crippen LogP contribution in [0.1, 0.15) is 44.1 Å². The quantitative estimate of drug-likeness (QED) is 0.933. The van der Waals surface area contributed by atoms with E-state index >= 15 is 0 Å². The van der Waals surface area contributed by atoms with Crippen molar-refractivity contribution in [2.24, 2.45) is 0 Å². The Balaban J connectivity index is 1.64. The van der Waals surface area contributed by atoms with Gasteiger partial charge >= 0.3 is 6.03 Å². The number of anilines is 1. The molecule has 124 valence electrons. The second-order valence-corrected chi connectivity index (χ2v) is 6.55. The largest absolute Gasteiger partial charge is 0.324 e. The second kappa shape index (κ2) is 7.08. The number of hydrogen-bond donors (Lipinski definition) is 1. The van der Waals surface area contributed by atoms with Crippen molar-refractivity contribution < 1.29 is 4.79 Å². The number of piperidine rings is 1. The highest BCUT2D eigenvalue weighted by atomic mass is 32.1. The lowest BCUT2D eigenvalue weighted by Gasteiger charge is -2.32. The zero-order chi connectivity index (χ0) is 16.2. The number of aromatic nitrogens is 4. The number of nitrogens with one attached hydrogen (secondary N) is 1. The van der Waals surface area contributed by atoms with Crippen LogP contribution in [0.2, 0.25) is 0 Å². The van der Waals surface area contributed by atoms with Crippen LogP contribution in [0.15, 0.2) is 11.7 Å². The third-order valence-electron chi connectivity index (χ3n) is 4.19. The Hall–Kier alpha value is -1.96. The summed E-state index contributed by atoms with van der Waals surface area (Å²) in [6.07, 6.45) is 4.66. The molecule has 1 aliphatic heterocycles. The third-order valence-corrected chi connectivity index (χ3v) is 4.99. The van der Waals surface area contributed by atoms with Crippen LogP contribution >= 0.6 is 11.3 Å². The van der Waals surface area contributed by atoms with E-state index in [-0.39, 0.29) is 11.9 Å². The number of carbonyl (C=O) groups excluding carboxylic acids is 1. The summed E-state index contributed by atoms with van der Waals surface area (Å²) in [6, 6.07) is -0.0748. The summed E-state index contributed by atoms with van der Waals surface area (Å²) in [4.78, 5) is 18.7. The molecule has 0 radical (unpaired) electrons. The molecule has 1 atom stereocenters. The Labute approximate surface area is 139 Å². The molecule has 0 saturated carbocycles. The van der Waals surface area contributed by atoms with E-state index < -0.39 is 0 Å². The predicted molar refractivity (Wildman–Crippen MR) is 89.8 cm³/mol. The molecule has 0 aliphatic carbocycles. The van der Waals surface area contributed by atoms with Crippen molar-refractivity contribution in [3.8, 4) is 0 Å². The van der Waals surface area contributed by atoms with Crippen molar-refractivity contribution in [3.05, 3.63) is 23.2 Å². The molecule has 3 heterocycles. The summed E-state index contributed by atoms with van der Waals surface area (Å²) < 4.78 is 2.06. The monoisotopic (exact) mass is 334 g/mol. The molecule has 2 aromatic heterocycles. The van der Waals surface area contributed by atoms with Crippen LogP contribution in [0, 0.1) is 0 Å². The van der Waals surface area contributed by atoms with E-state index in [1.807, 2.05) is 10.3 Å². The van der Waals surface area contributed by atoms with E-state index in [2.05, 4.69) is 38.9 Å². The van der Waals surface area contributed by atoms with E-state index in [9.17, 15) is 4.79 Å². The first kappa shape index (κ1) is 15.9. The van der Waals surface area contributed by atoms with Crippen molar-refractivity contribution in [3.63, 3.8) is 0 Å². The standard InChI is InChI=1S/C15H22N6OS/c1-3-12-9-23-14(17-12)18-15(22)21-7-5-6-11(8-21)13-19-16-10-20(13)4-2/h9-11H,3-8H2,1-2H3,(H,17,18,22)/t11-/m0/s1. The summed E-state index contributed by atoms with van der Waals surface area (Å²) in [5.41, 5.74) is 1.01. The number of likely N-dealkylation sites (tertiary alicyclic amines) is 1. The fourth-order valence-corrected chi connectivity index (χ4v) is 3.68. The van der Waals surface area contributed by atoms with Gasteiger partial charge in [-0.2, -0.15) is 0 Å². The van der Waals surface area contributed by atoms with Gasteiger partial charge in [0.05, 0.1) is 5.69 Å². The number of amides is 2. The maximum atomic E-state index is 12.5. The van der Waals surface area contributed by atoms with Crippen LogP contribution in [-0.4, -0.2) is 43.8 Å². The molecule has 0 bridgehead atoms. The molecule has 0 unspecified atom stereocenters. The van der Waals surface area contributed by atoms with Crippen LogP contribution < -0.4 is 5.32 Å². The molecule has 0 spiro atoms. The van der Waals surface area contributed by atoms with E-state index in [1.165, 1.54) is 11.3 Å². The smallest absolute Gasteiger partial charge is 0.323 e. The highest BCUT2D eigenvalue weighted by Crippen LogP contribution is 2.26. The number of carbonyl (C=O) groups is 1. The molecule has 1 fully saturated rings. The van der Waals surface area contributed by atoms with Crippen molar-refractivity contribution >= 4 is 22.5 Å². The average molecular weight is 334 g/mol. The van der Waals surface area contributed by atoms with Gasteiger partial charge in [0.1, 0.15) is 12.2 Å². The molecule has 23 heavy (non-hydrogen) atoms. The minimum Gasteiger partial charge on any atom is -0.324 e. The number of rotatable bonds is 4. The summed E-state index contributed by atoms with van der Waals surface area (Å²) >= 11 is 1.47. The molecule has 2 amide bonds. The Kier molecular flexibility index (Phi) is 4.90. The van der Waals surface area contributed by atoms with Crippen molar-refractivity contribution in [1.29, 1.82) is 0 Å². The van der Waals surface area contributed by atoms with Crippen molar-refractivity contribution in [2.75, 3.05) is 18.4 Å². The lowest BCUT2D eigenvalue weighted by molar-refractivity contribution is 0.190. The van der Waals surface area contributed by atoms with Crippen molar-refractivity contribution in [1.82, 2.24) is 24.6 Å². The minimum absolute atomic E-state index is 0.0748. The Morgan fingerprint density at radius 2 is 2.35 bits per heavy atom. The third kappa shape index (κ3) is 3.52. The van der Waals surface area contributed by atoms with E-state index in [0.29, 0.717) is 11.7 Å². The van der Waals surface area contributed by atoms with Crippen LogP contribution in [0.25, 0.3) is 0 Å². The highest BCUT2D eigenvalue weighted by molar-refractivity contribution is 7.13. The molecule has 1 saturated heterocycles. The normalized spacial score (nSPS) is 18.2. The van der Waals surface area contributed by atoms with Crippen LogP contribution in [0.3, 0.4) is 0 Å². The van der Waals surface area contributed by atoms with Crippen LogP contribution in [-0.2, 0) is 13.0 Å². The molecule has 0 aromatic carbocycles. The molecule has 3 rings (SSSR count). The first-order chi connectivity index (χ1) is 11.2. The van der Waals surface area contributed by atoms with Gasteiger partial charge in [-0.15, -0.1) is 21.5 Å². The van der Waals surface area contributed by atoms with Crippen molar-refractivity contribution in [2.45, 2.75) is 45.6 Å². The second-order valence-electron chi connectivity index (χ2n) is 5.69. The fourth-order valence-electron chi connectivity index (χ4n) is 2.89. The maximum Gasteiger partial charge on any atom is 0.323 e. The Bertz CT molecular complexity index is 666. The van der Waals surface area contributed by atoms with E-state index in [1.54, 1.807) is 6.33 Å². The van der Waals surface area contributed by atoms with Crippen LogP contribution in [0.4, 0.5) is 9.93 Å². The van der Waals surface area contributed by atoms with Gasteiger partial charge in [0, 0.05) is 30.9 Å². The maximum absolute atomic E-state index is 12.5. The number of hydrogen-bond acceptors (Lipinski definition) is 5. The van der Waals surface area contributed by atoms with E-state index in [4.69, 9.17) is 0 Å². The lowest BCUT2D eigenvalue weighted by atomic mass is 9.97. The lowest BCUT2D eigenvalue weighted by Crippen LogP contribution is -2.42. The summed E-state index contributed by atoms with van der Waals surface area (Å²) in [5.74, 6) is 1.23. The molecule has 8 heteroatoms. The first-order valence-corrected chi connectivity index (χ1v) is 8.97. The van der Waals surface area contributed by atoms with Gasteiger partial charge in [0.15, 0.2) is 5.13 Å². The molecular weight excluding hydrogens is 312 g/mol. The topological polar surface area (TPSA) is 75.9 Å². The molecule has 7 nitrogen and oxygen atoms in total.